The van der Waals surface area contributed by atoms with Gasteiger partial charge >= 0.3 is 11.8 Å². The molecule has 0 saturated heterocycles. The van der Waals surface area contributed by atoms with Crippen LogP contribution in [0.5, 0.6) is 0 Å². The Morgan fingerprint density at radius 2 is 1.41 bits per heavy atom. The molecule has 2 aromatic rings. The van der Waals surface area contributed by atoms with Crippen molar-refractivity contribution >= 4 is 11.8 Å². The number of nitrogens with two attached hydrogens (primary N) is 1. The zero-order valence-electron chi connectivity index (χ0n) is 19.2. The van der Waals surface area contributed by atoms with E-state index in [-0.39, 0.29) is 28.8 Å². The molecule has 3 aliphatic carbocycles. The molecule has 1 unspecified atom stereocenters. The van der Waals surface area contributed by atoms with Crippen molar-refractivity contribution in [2.24, 2.45) is 16.7 Å². The summed E-state index contributed by atoms with van der Waals surface area (Å²) >= 11 is 0. The summed E-state index contributed by atoms with van der Waals surface area (Å²) in [6.07, 6.45) is 9.99. The molecule has 2 aromatic carbocycles. The SMILES string of the molecule is Cc1ccc(C(C)[NH2+]OC(=O)c2ccc(C(=[O+])C3C45CCCCC34CCCC5)cc2)cc1. The second kappa shape index (κ2) is 8.15. The number of quaternary nitrogens is 1. The van der Waals surface area contributed by atoms with Crippen molar-refractivity contribution in [2.75, 3.05) is 0 Å². The van der Waals surface area contributed by atoms with Crippen LogP contribution in [-0.4, -0.2) is 11.8 Å². The van der Waals surface area contributed by atoms with E-state index in [4.69, 9.17) is 4.84 Å². The van der Waals surface area contributed by atoms with Crippen molar-refractivity contribution in [3.8, 4) is 0 Å². The van der Waals surface area contributed by atoms with Crippen molar-refractivity contribution in [1.29, 1.82) is 0 Å². The van der Waals surface area contributed by atoms with Crippen molar-refractivity contribution in [2.45, 2.75) is 71.3 Å². The van der Waals surface area contributed by atoms with Crippen molar-refractivity contribution in [1.82, 2.24) is 0 Å². The number of hydrogen-bond acceptors (Lipinski definition) is 3. The number of Topliss-reactive ketones (excluding diaryl/α,β-unsaturated/α-hetero) is 1. The minimum atomic E-state index is -0.381. The lowest BCUT2D eigenvalue weighted by molar-refractivity contribution is -0.898. The van der Waals surface area contributed by atoms with Gasteiger partial charge in [-0.1, -0.05) is 55.5 Å². The standard InChI is InChI=1S/C28H33NO3/c1-19-7-9-21(10-8-19)20(2)29-32-26(31)23-13-11-22(12-14-23)24(30)25-27-15-3-4-16-28(25,27)18-6-5-17-27/h7-14,20,25,29H,3-6,15-18H2,1-2H3/q+1/p+1. The number of carbonyl (C=O) groups is 2. The molecule has 2 N–H and O–H groups in total. The number of aryl methyl sites for hydroxylation is 1. The van der Waals surface area contributed by atoms with Gasteiger partial charge in [0.25, 0.3) is 0 Å². The number of hydrogen-bond donors (Lipinski definition) is 1. The van der Waals surface area contributed by atoms with Gasteiger partial charge in [0.2, 0.25) is 4.79 Å². The van der Waals surface area contributed by atoms with Crippen LogP contribution in [0.2, 0.25) is 0 Å². The highest BCUT2D eigenvalue weighted by Crippen LogP contribution is 2.81. The van der Waals surface area contributed by atoms with Gasteiger partial charge in [-0.25, -0.2) is 4.79 Å². The Labute approximate surface area is 190 Å². The first-order chi connectivity index (χ1) is 15.5. The van der Waals surface area contributed by atoms with E-state index in [2.05, 4.69) is 31.2 Å². The summed E-state index contributed by atoms with van der Waals surface area (Å²) in [7, 11) is 0. The van der Waals surface area contributed by atoms with Crippen LogP contribution in [0.15, 0.2) is 48.5 Å². The van der Waals surface area contributed by atoms with E-state index in [9.17, 15) is 9.59 Å². The van der Waals surface area contributed by atoms with E-state index >= 15 is 0 Å². The van der Waals surface area contributed by atoms with E-state index < -0.39 is 0 Å². The predicted octanol–water partition coefficient (Wildman–Crippen LogP) is 5.32. The second-order valence-corrected chi connectivity index (χ2v) is 10.3. The normalized spacial score (nSPS) is 29.4. The Morgan fingerprint density at radius 1 is 0.906 bits per heavy atom. The molecule has 0 amide bonds. The fourth-order valence-corrected chi connectivity index (χ4v) is 6.94. The second-order valence-electron chi connectivity index (χ2n) is 10.3. The molecular weight excluding hydrogens is 398 g/mol. The van der Waals surface area contributed by atoms with Gasteiger partial charge in [0, 0.05) is 5.56 Å². The van der Waals surface area contributed by atoms with Gasteiger partial charge < -0.3 is 0 Å². The summed E-state index contributed by atoms with van der Waals surface area (Å²) in [6.45, 7) is 4.06. The lowest BCUT2D eigenvalue weighted by Crippen LogP contribution is -2.84. The van der Waals surface area contributed by atoms with E-state index in [1.807, 2.05) is 19.1 Å². The maximum Gasteiger partial charge on any atom is 0.478 e. The molecule has 0 aliphatic heterocycles. The van der Waals surface area contributed by atoms with Crippen molar-refractivity contribution < 1.29 is 19.9 Å². The van der Waals surface area contributed by atoms with Gasteiger partial charge in [-0.05, 0) is 74.6 Å². The molecular formula is C28H34NO3+2. The summed E-state index contributed by atoms with van der Waals surface area (Å²) in [4.78, 5) is 31.5. The van der Waals surface area contributed by atoms with Crippen LogP contribution in [0.25, 0.3) is 0 Å². The highest BCUT2D eigenvalue weighted by Gasteiger charge is 2.81. The summed E-state index contributed by atoms with van der Waals surface area (Å²) in [5, 5.41) is 0. The molecule has 32 heavy (non-hydrogen) atoms. The van der Waals surface area contributed by atoms with Crippen LogP contribution in [0, 0.1) is 23.7 Å². The molecule has 5 rings (SSSR count). The lowest BCUT2D eigenvalue weighted by atomic mass is 9.71. The fourth-order valence-electron chi connectivity index (χ4n) is 6.94. The van der Waals surface area contributed by atoms with Crippen LogP contribution >= 0.6 is 0 Å². The molecule has 0 bridgehead atoms. The van der Waals surface area contributed by atoms with Crippen molar-refractivity contribution in [3.63, 3.8) is 0 Å². The molecule has 1 radical (unpaired) electrons. The minimum Gasteiger partial charge on any atom is -0.274 e. The van der Waals surface area contributed by atoms with Crippen LogP contribution < -0.4 is 5.48 Å². The minimum absolute atomic E-state index is 0.0143. The van der Waals surface area contributed by atoms with E-state index in [0.717, 1.165) is 11.1 Å². The molecule has 167 valence electrons. The first-order valence-corrected chi connectivity index (χ1v) is 12.2. The molecule has 0 spiro atoms. The van der Waals surface area contributed by atoms with E-state index in [0.29, 0.717) is 11.3 Å². The highest BCUT2D eigenvalue weighted by atomic mass is 16.7. The number of hydroxylamine groups is 1. The topological polar surface area (TPSA) is 62.8 Å². The molecule has 0 aromatic heterocycles. The first-order valence-electron chi connectivity index (χ1n) is 12.2. The highest BCUT2D eigenvalue weighted by molar-refractivity contribution is 6.02. The lowest BCUT2D eigenvalue weighted by Gasteiger charge is -2.33. The zero-order valence-corrected chi connectivity index (χ0v) is 19.2. The Morgan fingerprint density at radius 3 is 1.94 bits per heavy atom. The number of benzene rings is 2. The summed E-state index contributed by atoms with van der Waals surface area (Å²) in [5.74, 6) is 0.115. The molecule has 3 saturated carbocycles. The third kappa shape index (κ3) is 3.40. The summed E-state index contributed by atoms with van der Waals surface area (Å²) in [5.41, 5.74) is 5.68. The molecule has 4 heteroatoms. The summed E-state index contributed by atoms with van der Waals surface area (Å²) < 4.78 is 0. The van der Waals surface area contributed by atoms with Crippen LogP contribution in [0.4, 0.5) is 0 Å². The largest absolute Gasteiger partial charge is 0.478 e. The van der Waals surface area contributed by atoms with E-state index in [1.54, 1.807) is 17.6 Å². The molecule has 1 atom stereocenters. The molecule has 4 nitrogen and oxygen atoms in total. The number of carbonyl (C=O) groups excluding carboxylic acids is 2. The third-order valence-electron chi connectivity index (χ3n) is 8.65. The van der Waals surface area contributed by atoms with Gasteiger partial charge in [-0.3, -0.25) is 4.84 Å². The maximum atomic E-state index is 13.5. The molecule has 0 heterocycles. The van der Waals surface area contributed by atoms with Crippen LogP contribution in [-0.2, 0) is 4.84 Å². The zero-order chi connectivity index (χ0) is 22.3. The van der Waals surface area contributed by atoms with E-state index in [1.165, 1.54) is 56.9 Å². The van der Waals surface area contributed by atoms with Gasteiger partial charge in [-0.15, -0.1) is 5.48 Å². The monoisotopic (exact) mass is 432 g/mol. The van der Waals surface area contributed by atoms with Crippen molar-refractivity contribution in [3.05, 3.63) is 70.8 Å². The fraction of sp³-hybridized carbons (Fsp3) is 0.500. The van der Waals surface area contributed by atoms with Gasteiger partial charge in [-0.2, -0.15) is 0 Å². The number of ketones is 1. The Balaban J connectivity index is 1.23. The maximum absolute atomic E-state index is 13.5. The van der Waals surface area contributed by atoms with Gasteiger partial charge in [0.05, 0.1) is 11.1 Å². The van der Waals surface area contributed by atoms with Gasteiger partial charge in [0.1, 0.15) is 12.0 Å². The Kier molecular flexibility index (Phi) is 5.45. The predicted molar refractivity (Wildman–Crippen MR) is 123 cm³/mol. The van der Waals surface area contributed by atoms with Crippen LogP contribution in [0.3, 0.4) is 0 Å². The quantitative estimate of drug-likeness (QED) is 0.381. The average molecular weight is 433 g/mol. The smallest absolute Gasteiger partial charge is 0.274 e. The third-order valence-corrected chi connectivity index (χ3v) is 8.65. The molecule has 3 aliphatic rings. The van der Waals surface area contributed by atoms with Crippen LogP contribution in [0.1, 0.15) is 96.2 Å². The Bertz CT molecular complexity index is 974. The Hall–Kier alpha value is -2.46. The summed E-state index contributed by atoms with van der Waals surface area (Å²) in [6, 6.07) is 15.4. The molecule has 3 fully saturated rings. The van der Waals surface area contributed by atoms with Gasteiger partial charge in [0.15, 0.2) is 0 Å². The first kappa shape index (κ1) is 21.4. The average Bonchev–Trinajstić information content (AvgIpc) is 3.46. The number of rotatable bonds is 6.